The van der Waals surface area contributed by atoms with E-state index >= 15 is 0 Å². The topological polar surface area (TPSA) is 59.8 Å². The summed E-state index contributed by atoms with van der Waals surface area (Å²) >= 11 is 0. The molecule has 0 spiro atoms. The lowest BCUT2D eigenvalue weighted by Crippen LogP contribution is -2.37. The first-order valence-electron chi connectivity index (χ1n) is 13.2. The van der Waals surface area contributed by atoms with Gasteiger partial charge < -0.3 is 14.6 Å². The van der Waals surface area contributed by atoms with E-state index in [0.717, 1.165) is 35.5 Å². The van der Waals surface area contributed by atoms with Gasteiger partial charge in [0.1, 0.15) is 30.0 Å². The molecule has 1 aliphatic carbocycles. The van der Waals surface area contributed by atoms with Gasteiger partial charge in [0, 0.05) is 25.2 Å². The van der Waals surface area contributed by atoms with Crippen molar-refractivity contribution in [1.29, 1.82) is 0 Å². The Morgan fingerprint density at radius 1 is 0.974 bits per heavy atom. The number of ether oxygens (including phenoxy) is 2. The number of aromatic nitrogens is 2. The molecule has 1 aliphatic rings. The molecule has 4 aromatic rings. The van der Waals surface area contributed by atoms with Crippen molar-refractivity contribution in [3.63, 3.8) is 0 Å². The van der Waals surface area contributed by atoms with E-state index in [0.29, 0.717) is 30.8 Å². The predicted molar refractivity (Wildman–Crippen MR) is 146 cm³/mol. The molecule has 1 atom stereocenters. The molecule has 0 unspecified atom stereocenters. The van der Waals surface area contributed by atoms with E-state index in [9.17, 15) is 9.50 Å². The highest BCUT2D eigenvalue weighted by atomic mass is 19.1. The van der Waals surface area contributed by atoms with Crippen LogP contribution in [-0.2, 0) is 6.54 Å². The first-order chi connectivity index (χ1) is 18.5. The van der Waals surface area contributed by atoms with Gasteiger partial charge in [0.05, 0.1) is 16.9 Å². The van der Waals surface area contributed by atoms with E-state index in [4.69, 9.17) is 14.6 Å². The van der Waals surface area contributed by atoms with Gasteiger partial charge in [0.15, 0.2) is 0 Å². The second-order valence-electron chi connectivity index (χ2n) is 10.1. The number of aliphatic hydroxyl groups excluding tert-OH is 1. The van der Waals surface area contributed by atoms with Gasteiger partial charge in [-0.15, -0.1) is 0 Å². The maximum Gasteiger partial charge on any atom is 0.227 e. The maximum atomic E-state index is 14.0. The highest BCUT2D eigenvalue weighted by Crippen LogP contribution is 2.37. The Morgan fingerprint density at radius 3 is 2.32 bits per heavy atom. The molecule has 3 aromatic carbocycles. The Labute approximate surface area is 223 Å². The average molecular weight is 516 g/mol. The number of para-hydroxylation sites is 2. The van der Waals surface area contributed by atoms with Crippen LogP contribution in [0.25, 0.3) is 5.69 Å². The number of hydrogen-bond acceptors (Lipinski definition) is 5. The van der Waals surface area contributed by atoms with E-state index < -0.39 is 6.10 Å². The third kappa shape index (κ3) is 6.41. The number of rotatable bonds is 12. The zero-order valence-electron chi connectivity index (χ0n) is 21.8. The van der Waals surface area contributed by atoms with Crippen molar-refractivity contribution < 1.29 is 19.0 Å². The van der Waals surface area contributed by atoms with Gasteiger partial charge in [0.25, 0.3) is 0 Å². The van der Waals surface area contributed by atoms with E-state index in [-0.39, 0.29) is 18.3 Å². The van der Waals surface area contributed by atoms with E-state index in [1.807, 2.05) is 60.7 Å². The normalized spacial score (nSPS) is 14.2. The fraction of sp³-hybridized carbons (Fsp3) is 0.323. The summed E-state index contributed by atoms with van der Waals surface area (Å²) in [5, 5.41) is 15.8. The van der Waals surface area contributed by atoms with Crippen molar-refractivity contribution in [3.8, 4) is 23.1 Å². The molecule has 1 N–H and O–H groups in total. The van der Waals surface area contributed by atoms with Gasteiger partial charge in [0.2, 0.25) is 5.88 Å². The second-order valence-corrected chi connectivity index (χ2v) is 10.1. The monoisotopic (exact) mass is 515 g/mol. The summed E-state index contributed by atoms with van der Waals surface area (Å²) in [4.78, 5) is 2.29. The van der Waals surface area contributed by atoms with Gasteiger partial charge in [-0.1, -0.05) is 56.3 Å². The number of halogens is 1. The summed E-state index contributed by atoms with van der Waals surface area (Å²) < 4.78 is 28.0. The second kappa shape index (κ2) is 11.8. The van der Waals surface area contributed by atoms with E-state index in [1.54, 1.807) is 16.8 Å². The highest BCUT2D eigenvalue weighted by Gasteiger charge is 2.33. The van der Waals surface area contributed by atoms with Crippen LogP contribution in [0.2, 0.25) is 0 Å². The third-order valence-corrected chi connectivity index (χ3v) is 6.58. The van der Waals surface area contributed by atoms with Gasteiger partial charge in [-0.3, -0.25) is 4.90 Å². The molecule has 6 nitrogen and oxygen atoms in total. The molecule has 0 bridgehead atoms. The van der Waals surface area contributed by atoms with Crippen LogP contribution >= 0.6 is 0 Å². The molecule has 5 rings (SSSR count). The quantitative estimate of drug-likeness (QED) is 0.239. The Morgan fingerprint density at radius 2 is 1.66 bits per heavy atom. The minimum absolute atomic E-state index is 0.136. The molecular weight excluding hydrogens is 481 g/mol. The zero-order valence-corrected chi connectivity index (χ0v) is 21.8. The fourth-order valence-electron chi connectivity index (χ4n) is 4.57. The summed E-state index contributed by atoms with van der Waals surface area (Å²) in [6, 6.07) is 25.9. The Balaban J connectivity index is 1.45. The SMILES string of the molecule is CC(C)c1nn(-c2ccccc2)c(Oc2cccc(F)c2)c1CN(C[C@@H](O)COc1ccccc1)C1CC1. The highest BCUT2D eigenvalue weighted by molar-refractivity contribution is 5.44. The minimum atomic E-state index is -0.657. The van der Waals surface area contributed by atoms with Crippen LogP contribution < -0.4 is 9.47 Å². The summed E-state index contributed by atoms with van der Waals surface area (Å²) in [7, 11) is 0. The van der Waals surface area contributed by atoms with Crippen molar-refractivity contribution in [2.24, 2.45) is 0 Å². The molecule has 0 radical (unpaired) electrons. The van der Waals surface area contributed by atoms with Crippen molar-refractivity contribution in [3.05, 3.63) is 102 Å². The van der Waals surface area contributed by atoms with Crippen LogP contribution in [0.5, 0.6) is 17.4 Å². The third-order valence-electron chi connectivity index (χ3n) is 6.58. The van der Waals surface area contributed by atoms with Crippen LogP contribution in [0, 0.1) is 5.82 Å². The number of nitrogens with zero attached hydrogens (tertiary/aromatic N) is 3. The Hall–Kier alpha value is -3.68. The lowest BCUT2D eigenvalue weighted by atomic mass is 10.1. The van der Waals surface area contributed by atoms with Crippen LogP contribution in [0.15, 0.2) is 84.9 Å². The molecule has 0 saturated heterocycles. The summed E-state index contributed by atoms with van der Waals surface area (Å²) in [6.45, 7) is 5.44. The van der Waals surface area contributed by atoms with E-state index in [1.165, 1.54) is 12.1 Å². The average Bonchev–Trinajstić information content (AvgIpc) is 3.71. The molecule has 198 valence electrons. The molecule has 1 saturated carbocycles. The number of benzene rings is 3. The summed E-state index contributed by atoms with van der Waals surface area (Å²) in [5.74, 6) is 1.48. The molecule has 1 fully saturated rings. The zero-order chi connectivity index (χ0) is 26.5. The predicted octanol–water partition coefficient (Wildman–Crippen LogP) is 6.33. The van der Waals surface area contributed by atoms with Crippen molar-refractivity contribution >= 4 is 0 Å². The minimum Gasteiger partial charge on any atom is -0.491 e. The Bertz CT molecular complexity index is 1320. The lowest BCUT2D eigenvalue weighted by molar-refractivity contribution is 0.0623. The van der Waals surface area contributed by atoms with Crippen LogP contribution in [0.4, 0.5) is 4.39 Å². The van der Waals surface area contributed by atoms with Crippen LogP contribution in [-0.4, -0.2) is 45.1 Å². The van der Waals surface area contributed by atoms with Crippen molar-refractivity contribution in [1.82, 2.24) is 14.7 Å². The fourth-order valence-corrected chi connectivity index (χ4v) is 4.57. The molecule has 7 heteroatoms. The van der Waals surface area contributed by atoms with E-state index in [2.05, 4.69) is 18.7 Å². The van der Waals surface area contributed by atoms with Gasteiger partial charge in [-0.25, -0.2) is 9.07 Å². The van der Waals surface area contributed by atoms with Gasteiger partial charge in [-0.05, 0) is 55.2 Å². The number of aliphatic hydroxyl groups is 1. The van der Waals surface area contributed by atoms with Crippen LogP contribution in [0.1, 0.15) is 43.9 Å². The molecule has 1 aromatic heterocycles. The maximum absolute atomic E-state index is 14.0. The largest absolute Gasteiger partial charge is 0.491 e. The first kappa shape index (κ1) is 25.9. The molecule has 0 aliphatic heterocycles. The summed E-state index contributed by atoms with van der Waals surface area (Å²) in [6.07, 6.45) is 1.50. The van der Waals surface area contributed by atoms with Gasteiger partial charge >= 0.3 is 0 Å². The standard InChI is InChI=1S/C31H34FN3O3/c1-22(2)30-29(20-34(24-16-17-24)19-26(36)21-37-27-13-7-4-8-14-27)31(38-28-15-9-10-23(32)18-28)35(33-30)25-11-5-3-6-12-25/h3-15,18,22,24,26,36H,16-17,19-21H2,1-2H3/t26-/m1/s1. The van der Waals surface area contributed by atoms with Crippen molar-refractivity contribution in [2.75, 3.05) is 13.2 Å². The molecular formula is C31H34FN3O3. The summed E-state index contributed by atoms with van der Waals surface area (Å²) in [5.41, 5.74) is 2.72. The molecule has 38 heavy (non-hydrogen) atoms. The van der Waals surface area contributed by atoms with Crippen LogP contribution in [0.3, 0.4) is 0 Å². The van der Waals surface area contributed by atoms with Crippen molar-refractivity contribution in [2.45, 2.75) is 51.3 Å². The lowest BCUT2D eigenvalue weighted by Gasteiger charge is -2.26. The molecule has 0 amide bonds. The Kier molecular flexibility index (Phi) is 8.05. The smallest absolute Gasteiger partial charge is 0.227 e. The van der Waals surface area contributed by atoms with Gasteiger partial charge in [-0.2, -0.15) is 5.10 Å². The first-order valence-corrected chi connectivity index (χ1v) is 13.2. The number of hydrogen-bond donors (Lipinski definition) is 1. The molecule has 1 heterocycles.